The first-order chi connectivity index (χ1) is 34.6. The van der Waals surface area contributed by atoms with Crippen LogP contribution < -0.4 is 0 Å². The topological polar surface area (TPSA) is 72.8 Å². The fourth-order valence-electron chi connectivity index (χ4n) is 6.67. The number of carbonyl (C=O) groups is 2. The summed E-state index contributed by atoms with van der Waals surface area (Å²) in [6.45, 7) is 3.85. The minimum atomic E-state index is -0.807. The third-order valence-electron chi connectivity index (χ3n) is 10.7. The number of carbonyl (C=O) groups excluding carboxylic acids is 2. The van der Waals surface area contributed by atoms with Gasteiger partial charge in [0.25, 0.3) is 0 Å². The molecule has 0 saturated heterocycles. The van der Waals surface area contributed by atoms with Gasteiger partial charge in [0.15, 0.2) is 6.10 Å². The highest BCUT2D eigenvalue weighted by molar-refractivity contribution is 5.70. The maximum Gasteiger partial charge on any atom is 0.306 e. The molecule has 5 heteroatoms. The summed E-state index contributed by atoms with van der Waals surface area (Å²) in [5.41, 5.74) is 0. The van der Waals surface area contributed by atoms with Gasteiger partial charge in [-0.25, -0.2) is 0 Å². The van der Waals surface area contributed by atoms with Crippen molar-refractivity contribution in [1.82, 2.24) is 0 Å². The van der Waals surface area contributed by atoms with E-state index in [0.717, 1.165) is 167 Å². The van der Waals surface area contributed by atoms with E-state index in [4.69, 9.17) is 9.47 Å². The Labute approximate surface area is 429 Å². The monoisotopic (exact) mass is 959 g/mol. The average Bonchev–Trinajstić information content (AvgIpc) is 3.36. The van der Waals surface area contributed by atoms with Gasteiger partial charge in [-0.2, -0.15) is 0 Å². The molecule has 0 amide bonds. The van der Waals surface area contributed by atoms with Crippen molar-refractivity contribution in [3.63, 3.8) is 0 Å². The molecule has 0 heterocycles. The van der Waals surface area contributed by atoms with E-state index in [1.54, 1.807) is 0 Å². The first-order valence-corrected chi connectivity index (χ1v) is 27.3. The van der Waals surface area contributed by atoms with E-state index >= 15 is 0 Å². The standard InChI is InChI=1S/C65H98O5/c1-3-5-7-9-11-13-15-17-19-20-21-22-23-24-25-26-27-28-29-30-31-32-33-34-35-36-37-38-39-40-41-42-43-44-46-48-50-52-54-56-58-60-65(68)70-63(61-66)62-69-64(67)59-57-55-53-51-49-47-45-18-16-14-12-10-8-6-4-2/h5-8,11-14,17-19,21-22,24-25,27-28,30-31,33-34,36-37,39-40,42-43,45-46,48,63,66H,3-4,9-10,15-16,20,23,26,29,32,35,38,41,44,47,49-62H2,1-2H3/b7-5-,8-6-,13-11-,14-12-,19-17-,22-21-,25-24-,28-27-,31-30-,34-33-,37-36-,40-39-,43-42-,45-18-,48-46-. The molecule has 0 aromatic rings. The minimum Gasteiger partial charge on any atom is -0.462 e. The zero-order chi connectivity index (χ0) is 50.6. The van der Waals surface area contributed by atoms with Crippen LogP contribution in [0.1, 0.15) is 194 Å². The fraction of sp³-hybridized carbons (Fsp3) is 0.508. The third-order valence-corrected chi connectivity index (χ3v) is 10.7. The summed E-state index contributed by atoms with van der Waals surface area (Å²) < 4.78 is 10.6. The molecule has 70 heavy (non-hydrogen) atoms. The smallest absolute Gasteiger partial charge is 0.306 e. The van der Waals surface area contributed by atoms with Crippen molar-refractivity contribution in [2.24, 2.45) is 0 Å². The summed E-state index contributed by atoms with van der Waals surface area (Å²) in [5, 5.41) is 9.61. The van der Waals surface area contributed by atoms with Crippen LogP contribution in [0.4, 0.5) is 0 Å². The van der Waals surface area contributed by atoms with Crippen LogP contribution in [0.15, 0.2) is 182 Å². The molecule has 0 aliphatic carbocycles. The molecule has 1 N–H and O–H groups in total. The lowest BCUT2D eigenvalue weighted by Crippen LogP contribution is -2.28. The van der Waals surface area contributed by atoms with Gasteiger partial charge in [0, 0.05) is 12.8 Å². The van der Waals surface area contributed by atoms with Crippen molar-refractivity contribution < 1.29 is 24.2 Å². The molecule has 0 aliphatic rings. The Balaban J connectivity index is 3.71. The summed E-state index contributed by atoms with van der Waals surface area (Å²) in [4.78, 5) is 24.4. The zero-order valence-electron chi connectivity index (χ0n) is 44.2. The van der Waals surface area contributed by atoms with Crippen LogP contribution in [0.2, 0.25) is 0 Å². The summed E-state index contributed by atoms with van der Waals surface area (Å²) >= 11 is 0. The highest BCUT2D eigenvalue weighted by atomic mass is 16.6. The van der Waals surface area contributed by atoms with E-state index in [0.29, 0.717) is 12.8 Å². The van der Waals surface area contributed by atoms with Crippen molar-refractivity contribution in [2.75, 3.05) is 13.2 Å². The van der Waals surface area contributed by atoms with E-state index in [-0.39, 0.29) is 25.2 Å². The highest BCUT2D eigenvalue weighted by Gasteiger charge is 2.16. The quantitative estimate of drug-likeness (QED) is 0.0374. The second-order valence-electron chi connectivity index (χ2n) is 17.2. The van der Waals surface area contributed by atoms with Crippen LogP contribution in [-0.4, -0.2) is 36.4 Å². The van der Waals surface area contributed by atoms with E-state index in [9.17, 15) is 14.7 Å². The summed E-state index contributed by atoms with van der Waals surface area (Å²) in [5.74, 6) is -0.657. The lowest BCUT2D eigenvalue weighted by atomic mass is 10.1. The molecule has 0 aromatic carbocycles. The van der Waals surface area contributed by atoms with Gasteiger partial charge in [-0.3, -0.25) is 9.59 Å². The molecule has 0 saturated carbocycles. The Hall–Kier alpha value is -5.00. The number of allylic oxidation sites excluding steroid dienone is 30. The van der Waals surface area contributed by atoms with Gasteiger partial charge in [-0.05, 0) is 135 Å². The number of aliphatic hydroxyl groups excluding tert-OH is 1. The van der Waals surface area contributed by atoms with Crippen molar-refractivity contribution in [3.8, 4) is 0 Å². The van der Waals surface area contributed by atoms with E-state index in [1.807, 2.05) is 0 Å². The van der Waals surface area contributed by atoms with Gasteiger partial charge >= 0.3 is 11.9 Å². The molecule has 0 radical (unpaired) electrons. The number of aliphatic hydroxyl groups is 1. The third kappa shape index (κ3) is 55.6. The minimum absolute atomic E-state index is 0.0975. The molecule has 1 atom stereocenters. The van der Waals surface area contributed by atoms with Crippen LogP contribution in [0.25, 0.3) is 0 Å². The Bertz CT molecular complexity index is 1650. The van der Waals surface area contributed by atoms with E-state index in [2.05, 4.69) is 196 Å². The first kappa shape index (κ1) is 65.0. The van der Waals surface area contributed by atoms with Crippen LogP contribution in [0.5, 0.6) is 0 Å². The van der Waals surface area contributed by atoms with E-state index < -0.39 is 6.10 Å². The zero-order valence-corrected chi connectivity index (χ0v) is 44.2. The number of hydrogen-bond donors (Lipinski definition) is 1. The summed E-state index contributed by atoms with van der Waals surface area (Å²) in [6.07, 6.45) is 92.8. The van der Waals surface area contributed by atoms with Crippen molar-refractivity contribution in [1.29, 1.82) is 0 Å². The number of esters is 2. The van der Waals surface area contributed by atoms with Gasteiger partial charge in [0.2, 0.25) is 0 Å². The van der Waals surface area contributed by atoms with E-state index in [1.165, 1.54) is 0 Å². The van der Waals surface area contributed by atoms with Gasteiger partial charge in [0.05, 0.1) is 6.61 Å². The molecule has 1 unspecified atom stereocenters. The maximum absolute atomic E-state index is 12.3. The highest BCUT2D eigenvalue weighted by Crippen LogP contribution is 2.11. The number of ether oxygens (including phenoxy) is 2. The molecule has 0 fully saturated rings. The van der Waals surface area contributed by atoms with Crippen molar-refractivity contribution >= 4 is 11.9 Å². The van der Waals surface area contributed by atoms with Crippen LogP contribution in [0, 0.1) is 0 Å². The SMILES string of the molecule is CC/C=C\C/C=C\C/C=C\C/C=C\C/C=C\C/C=C\C/C=C\C/C=C\C/C=C\C/C=C\C/C=C\C/C=C\CCCCCCC(=O)OC(CO)COC(=O)CCCCCCC/C=C\C/C=C\C/C=C\CC. The largest absolute Gasteiger partial charge is 0.462 e. The predicted octanol–water partition coefficient (Wildman–Crippen LogP) is 18.7. The lowest BCUT2D eigenvalue weighted by Gasteiger charge is -2.15. The van der Waals surface area contributed by atoms with Gasteiger partial charge < -0.3 is 14.6 Å². The average molecular weight is 959 g/mol. The van der Waals surface area contributed by atoms with Crippen LogP contribution in [0.3, 0.4) is 0 Å². The number of rotatable bonds is 47. The number of unbranched alkanes of at least 4 members (excludes halogenated alkanes) is 9. The molecule has 0 rings (SSSR count). The Morgan fingerprint density at radius 3 is 0.857 bits per heavy atom. The molecule has 5 nitrogen and oxygen atoms in total. The van der Waals surface area contributed by atoms with Crippen LogP contribution in [-0.2, 0) is 19.1 Å². The van der Waals surface area contributed by atoms with Crippen molar-refractivity contribution in [3.05, 3.63) is 182 Å². The normalized spacial score (nSPS) is 13.7. The second-order valence-corrected chi connectivity index (χ2v) is 17.2. The molecule has 0 spiro atoms. The maximum atomic E-state index is 12.3. The Morgan fingerprint density at radius 1 is 0.329 bits per heavy atom. The number of hydrogen-bond acceptors (Lipinski definition) is 5. The Kier molecular flexibility index (Phi) is 54.1. The lowest BCUT2D eigenvalue weighted by molar-refractivity contribution is -0.161. The molecule has 388 valence electrons. The van der Waals surface area contributed by atoms with Crippen LogP contribution >= 0.6 is 0 Å². The van der Waals surface area contributed by atoms with Gasteiger partial charge in [-0.15, -0.1) is 0 Å². The second kappa shape index (κ2) is 58.3. The van der Waals surface area contributed by atoms with Gasteiger partial charge in [-0.1, -0.05) is 228 Å². The summed E-state index contributed by atoms with van der Waals surface area (Å²) in [6, 6.07) is 0. The molecule has 0 aliphatic heterocycles. The molecule has 0 aromatic heterocycles. The molecule has 0 bridgehead atoms. The predicted molar refractivity (Wildman–Crippen MR) is 306 cm³/mol. The van der Waals surface area contributed by atoms with Crippen molar-refractivity contribution in [2.45, 2.75) is 200 Å². The van der Waals surface area contributed by atoms with Gasteiger partial charge in [0.1, 0.15) is 6.61 Å². The fourth-order valence-corrected chi connectivity index (χ4v) is 6.67. The molecular formula is C65H98O5. The Morgan fingerprint density at radius 2 is 0.571 bits per heavy atom. The molecular weight excluding hydrogens is 861 g/mol. The summed E-state index contributed by atoms with van der Waals surface area (Å²) in [7, 11) is 0. The first-order valence-electron chi connectivity index (χ1n) is 27.3.